The van der Waals surface area contributed by atoms with Crippen molar-refractivity contribution in [1.29, 1.82) is 0 Å². The average molecular weight is 229 g/mol. The topological polar surface area (TPSA) is 51.8 Å². The van der Waals surface area contributed by atoms with E-state index in [1.807, 2.05) is 20.8 Å². The molecule has 1 heterocycles. The lowest BCUT2D eigenvalue weighted by atomic mass is 10.2. The van der Waals surface area contributed by atoms with Crippen LogP contribution in [0.1, 0.15) is 36.2 Å². The molecule has 0 N–H and O–H groups in total. The first-order valence-electron chi connectivity index (χ1n) is 4.60. The van der Waals surface area contributed by atoms with Gasteiger partial charge in [-0.3, -0.25) is 0 Å². The molecule has 84 valence electrons. The number of aryl methyl sites for hydroxylation is 1. The Labute approximate surface area is 92.6 Å². The number of hydrogen-bond acceptors (Lipinski definition) is 5. The second kappa shape index (κ2) is 4.18. The summed E-state index contributed by atoms with van der Waals surface area (Å²) in [5, 5.41) is 0. The monoisotopic (exact) mass is 229 g/mol. The van der Waals surface area contributed by atoms with Gasteiger partial charge in [-0.25, -0.2) is 9.79 Å². The summed E-state index contributed by atoms with van der Waals surface area (Å²) in [7, 11) is 1.62. The van der Waals surface area contributed by atoms with E-state index >= 15 is 0 Å². The van der Waals surface area contributed by atoms with Crippen molar-refractivity contribution >= 4 is 17.3 Å². The molecule has 0 atom stereocenters. The lowest BCUT2D eigenvalue weighted by molar-refractivity contribution is 0.00727. The highest BCUT2D eigenvalue weighted by Crippen LogP contribution is 2.17. The number of hydrogen-bond donors (Lipinski definition) is 0. The standard InChI is InChI=1S/C10H15NO3S/c1-6-7(15-9(11-5)13-6)8(12)14-10(2,3)4/h1-5H3. The normalized spacial score (nSPS) is 13.0. The molecule has 0 aliphatic heterocycles. The highest BCUT2D eigenvalue weighted by Gasteiger charge is 2.22. The number of esters is 1. The zero-order valence-electron chi connectivity index (χ0n) is 9.58. The summed E-state index contributed by atoms with van der Waals surface area (Å²) in [6.07, 6.45) is 0. The van der Waals surface area contributed by atoms with Crippen LogP contribution in [0.4, 0.5) is 0 Å². The van der Waals surface area contributed by atoms with E-state index in [1.54, 1.807) is 14.0 Å². The van der Waals surface area contributed by atoms with Crippen molar-refractivity contribution in [2.75, 3.05) is 7.05 Å². The molecular weight excluding hydrogens is 214 g/mol. The predicted octanol–water partition coefficient (Wildman–Crippen LogP) is 2.14. The van der Waals surface area contributed by atoms with Crippen molar-refractivity contribution < 1.29 is 13.9 Å². The molecule has 0 aliphatic carbocycles. The van der Waals surface area contributed by atoms with Gasteiger partial charge in [0.05, 0.1) is 0 Å². The molecule has 0 spiro atoms. The van der Waals surface area contributed by atoms with Gasteiger partial charge in [-0.1, -0.05) is 11.3 Å². The summed E-state index contributed by atoms with van der Waals surface area (Å²) in [6, 6.07) is 0. The van der Waals surface area contributed by atoms with Crippen LogP contribution in [0.3, 0.4) is 0 Å². The molecule has 0 unspecified atom stereocenters. The van der Waals surface area contributed by atoms with Gasteiger partial charge in [0.2, 0.25) is 0 Å². The fourth-order valence-corrected chi connectivity index (χ4v) is 1.70. The number of carbonyl (C=O) groups excluding carboxylic acids is 1. The van der Waals surface area contributed by atoms with E-state index < -0.39 is 5.60 Å². The maximum Gasteiger partial charge on any atom is 0.352 e. The van der Waals surface area contributed by atoms with E-state index in [4.69, 9.17) is 9.15 Å². The molecule has 0 aliphatic rings. The summed E-state index contributed by atoms with van der Waals surface area (Å²) >= 11 is 1.20. The minimum atomic E-state index is -0.489. The summed E-state index contributed by atoms with van der Waals surface area (Å²) in [4.78, 5) is 16.5. The van der Waals surface area contributed by atoms with E-state index in [0.717, 1.165) is 0 Å². The molecule has 0 fully saturated rings. The van der Waals surface area contributed by atoms with Crippen molar-refractivity contribution in [3.05, 3.63) is 15.5 Å². The summed E-state index contributed by atoms with van der Waals surface area (Å²) in [6.45, 7) is 7.21. The zero-order chi connectivity index (χ0) is 11.6. The van der Waals surface area contributed by atoms with E-state index in [9.17, 15) is 4.79 Å². The number of carbonyl (C=O) groups is 1. The molecule has 15 heavy (non-hydrogen) atoms. The second-order valence-corrected chi connectivity index (χ2v) is 5.04. The Hall–Kier alpha value is -1.10. The minimum Gasteiger partial charge on any atom is -0.456 e. The first kappa shape index (κ1) is 12.0. The lowest BCUT2D eigenvalue weighted by Gasteiger charge is -2.18. The second-order valence-electron chi connectivity index (χ2n) is 4.08. The number of rotatable bonds is 1. The molecule has 0 saturated carbocycles. The van der Waals surface area contributed by atoms with E-state index in [-0.39, 0.29) is 5.97 Å². The van der Waals surface area contributed by atoms with Gasteiger partial charge in [0.15, 0.2) is 4.88 Å². The average Bonchev–Trinajstić information content (AvgIpc) is 2.43. The molecule has 0 aromatic carbocycles. The lowest BCUT2D eigenvalue weighted by Crippen LogP contribution is -2.23. The molecule has 0 bridgehead atoms. The maximum absolute atomic E-state index is 11.7. The third-order valence-corrected chi connectivity index (χ3v) is 2.62. The number of ether oxygens (including phenoxy) is 1. The Morgan fingerprint density at radius 1 is 1.47 bits per heavy atom. The van der Waals surface area contributed by atoms with Crippen LogP contribution in [0.2, 0.25) is 0 Å². The van der Waals surface area contributed by atoms with E-state index in [1.165, 1.54) is 11.3 Å². The minimum absolute atomic E-state index is 0.358. The first-order chi connectivity index (χ1) is 6.83. The number of nitrogens with zero attached hydrogens (tertiary/aromatic N) is 1. The smallest absolute Gasteiger partial charge is 0.352 e. The Bertz CT molecular complexity index is 423. The molecule has 4 nitrogen and oxygen atoms in total. The maximum atomic E-state index is 11.7. The Kier molecular flexibility index (Phi) is 3.34. The fraction of sp³-hybridized carbons (Fsp3) is 0.600. The Morgan fingerprint density at radius 3 is 2.47 bits per heavy atom. The van der Waals surface area contributed by atoms with E-state index in [0.29, 0.717) is 15.5 Å². The van der Waals surface area contributed by atoms with Crippen LogP contribution in [0, 0.1) is 6.92 Å². The summed E-state index contributed by atoms with van der Waals surface area (Å²) in [5.41, 5.74) is -0.489. The highest BCUT2D eigenvalue weighted by atomic mass is 32.1. The molecular formula is C10H15NO3S. The van der Waals surface area contributed by atoms with Crippen LogP contribution >= 0.6 is 11.3 Å². The van der Waals surface area contributed by atoms with Crippen LogP contribution in [0.15, 0.2) is 9.41 Å². The molecule has 0 amide bonds. The van der Waals surface area contributed by atoms with Crippen molar-refractivity contribution in [2.24, 2.45) is 4.99 Å². The van der Waals surface area contributed by atoms with Gasteiger partial charge in [0, 0.05) is 7.05 Å². The molecule has 1 rings (SSSR count). The van der Waals surface area contributed by atoms with E-state index in [2.05, 4.69) is 4.99 Å². The quantitative estimate of drug-likeness (QED) is 0.693. The van der Waals surface area contributed by atoms with Gasteiger partial charge in [-0.15, -0.1) is 0 Å². The third kappa shape index (κ3) is 3.20. The molecule has 1 aromatic rings. The van der Waals surface area contributed by atoms with Crippen molar-refractivity contribution in [1.82, 2.24) is 0 Å². The van der Waals surface area contributed by atoms with Crippen molar-refractivity contribution in [2.45, 2.75) is 33.3 Å². The predicted molar refractivity (Wildman–Crippen MR) is 58.0 cm³/mol. The van der Waals surface area contributed by atoms with Gasteiger partial charge in [-0.2, -0.15) is 0 Å². The fourth-order valence-electron chi connectivity index (χ4n) is 0.958. The van der Waals surface area contributed by atoms with Gasteiger partial charge >= 0.3 is 5.97 Å². The van der Waals surface area contributed by atoms with Gasteiger partial charge < -0.3 is 9.15 Å². The summed E-state index contributed by atoms with van der Waals surface area (Å²) < 4.78 is 10.5. The largest absolute Gasteiger partial charge is 0.456 e. The van der Waals surface area contributed by atoms with Crippen molar-refractivity contribution in [3.8, 4) is 0 Å². The Morgan fingerprint density at radius 2 is 2.07 bits per heavy atom. The molecule has 0 saturated heterocycles. The van der Waals surface area contributed by atoms with Crippen LogP contribution in [0.5, 0.6) is 0 Å². The van der Waals surface area contributed by atoms with Crippen molar-refractivity contribution in [3.63, 3.8) is 0 Å². The SMILES string of the molecule is CN=c1oc(C)c(C(=O)OC(C)(C)C)s1. The highest BCUT2D eigenvalue weighted by molar-refractivity contribution is 7.11. The van der Waals surface area contributed by atoms with Crippen LogP contribution in [-0.2, 0) is 4.74 Å². The zero-order valence-corrected chi connectivity index (χ0v) is 10.4. The van der Waals surface area contributed by atoms with Crippen LogP contribution in [-0.4, -0.2) is 18.6 Å². The third-order valence-electron chi connectivity index (χ3n) is 1.52. The first-order valence-corrected chi connectivity index (χ1v) is 5.42. The molecule has 1 aromatic heterocycles. The molecule has 0 radical (unpaired) electrons. The Balaban J connectivity index is 2.97. The molecule has 5 heteroatoms. The van der Waals surface area contributed by atoms with Crippen LogP contribution < -0.4 is 4.87 Å². The van der Waals surface area contributed by atoms with Crippen LogP contribution in [0.25, 0.3) is 0 Å². The summed E-state index contributed by atoms with van der Waals surface area (Å²) in [5.74, 6) is 0.193. The van der Waals surface area contributed by atoms with Gasteiger partial charge in [0.25, 0.3) is 4.87 Å². The van der Waals surface area contributed by atoms with Gasteiger partial charge in [-0.05, 0) is 27.7 Å². The van der Waals surface area contributed by atoms with Gasteiger partial charge in [0.1, 0.15) is 11.4 Å².